The number of ketones is 1. The van der Waals surface area contributed by atoms with Crippen molar-refractivity contribution in [3.63, 3.8) is 0 Å². The van der Waals surface area contributed by atoms with Crippen LogP contribution in [0.2, 0.25) is 0 Å². The lowest BCUT2D eigenvalue weighted by atomic mass is 9.96. The highest BCUT2D eigenvalue weighted by Gasteiger charge is 2.30. The Morgan fingerprint density at radius 2 is 1.73 bits per heavy atom. The van der Waals surface area contributed by atoms with Crippen molar-refractivity contribution in [3.8, 4) is 0 Å². The third kappa shape index (κ3) is 2.08. The van der Waals surface area contributed by atoms with E-state index in [1.807, 2.05) is 0 Å². The summed E-state index contributed by atoms with van der Waals surface area (Å²) in [7, 11) is 0. The first-order valence-corrected chi connectivity index (χ1v) is 4.35. The Morgan fingerprint density at radius 1 is 1.27 bits per heavy atom. The minimum Gasteiger partial charge on any atom is -0.300 e. The van der Waals surface area contributed by atoms with Gasteiger partial charge in [0.05, 0.1) is 16.5 Å². The van der Waals surface area contributed by atoms with Gasteiger partial charge < -0.3 is 0 Å². The first kappa shape index (κ1) is 9.30. The third-order valence-corrected chi connectivity index (χ3v) is 2.50. The van der Waals surface area contributed by atoms with Gasteiger partial charge in [-0.25, -0.2) is 0 Å². The molecule has 0 amide bonds. The van der Waals surface area contributed by atoms with Crippen LogP contribution in [0.5, 0.6) is 0 Å². The quantitative estimate of drug-likeness (QED) is 0.568. The van der Waals surface area contributed by atoms with E-state index in [0.29, 0.717) is 5.71 Å². The lowest BCUT2D eigenvalue weighted by molar-refractivity contribution is -0.119. The number of halogens is 3. The predicted octanol–water partition coefficient (Wildman–Crippen LogP) is 2.16. The molecular formula is C6H6Cl3NO. The van der Waals surface area contributed by atoms with Crippen LogP contribution < -0.4 is 0 Å². The SMILES string of the molecule is O=C1CC(Cl)C(=NCl)C(Cl)C1. The van der Waals surface area contributed by atoms with E-state index in [4.69, 9.17) is 35.0 Å². The molecule has 1 fully saturated rings. The summed E-state index contributed by atoms with van der Waals surface area (Å²) in [5.74, 6) is 0.0640. The van der Waals surface area contributed by atoms with E-state index in [9.17, 15) is 4.79 Å². The highest BCUT2D eigenvalue weighted by atomic mass is 35.5. The molecule has 0 heterocycles. The summed E-state index contributed by atoms with van der Waals surface area (Å²) in [6.45, 7) is 0. The maximum atomic E-state index is 10.9. The Bertz CT molecular complexity index is 188. The first-order chi connectivity index (χ1) is 5.15. The molecule has 1 aliphatic carbocycles. The molecule has 1 rings (SSSR count). The molecule has 0 N–H and O–H groups in total. The van der Waals surface area contributed by atoms with Gasteiger partial charge in [-0.05, 0) is 0 Å². The maximum absolute atomic E-state index is 10.9. The van der Waals surface area contributed by atoms with Gasteiger partial charge in [-0.1, -0.05) is 0 Å². The smallest absolute Gasteiger partial charge is 0.136 e. The van der Waals surface area contributed by atoms with Crippen LogP contribution in [0.3, 0.4) is 0 Å². The third-order valence-electron chi connectivity index (χ3n) is 1.55. The van der Waals surface area contributed by atoms with Crippen LogP contribution in [-0.4, -0.2) is 22.2 Å². The Hall–Kier alpha value is 0.210. The summed E-state index contributed by atoms with van der Waals surface area (Å²) >= 11 is 16.7. The average molecular weight is 214 g/mol. The number of carbonyl (C=O) groups is 1. The number of Topliss-reactive ketones (excluding diaryl/α,β-unsaturated/α-hetero) is 1. The van der Waals surface area contributed by atoms with E-state index in [1.54, 1.807) is 0 Å². The van der Waals surface area contributed by atoms with Gasteiger partial charge in [0, 0.05) is 24.6 Å². The molecule has 1 saturated carbocycles. The van der Waals surface area contributed by atoms with Crippen molar-refractivity contribution in [2.45, 2.75) is 23.6 Å². The fourth-order valence-electron chi connectivity index (χ4n) is 0.994. The molecule has 0 radical (unpaired) electrons. The highest BCUT2D eigenvalue weighted by Crippen LogP contribution is 2.23. The van der Waals surface area contributed by atoms with Gasteiger partial charge in [-0.3, -0.25) is 4.79 Å². The van der Waals surface area contributed by atoms with Crippen LogP contribution in [0.1, 0.15) is 12.8 Å². The number of alkyl halides is 2. The zero-order valence-corrected chi connectivity index (χ0v) is 7.83. The molecular weight excluding hydrogens is 208 g/mol. The largest absolute Gasteiger partial charge is 0.300 e. The van der Waals surface area contributed by atoms with Crippen LogP contribution in [0.25, 0.3) is 0 Å². The zero-order chi connectivity index (χ0) is 8.43. The number of hydrogen-bond acceptors (Lipinski definition) is 2. The standard InChI is InChI=1S/C6H6Cl3NO/c7-4-1-3(11)2-5(8)6(4)10-9/h4-5H,1-2H2. The van der Waals surface area contributed by atoms with Gasteiger partial charge >= 0.3 is 0 Å². The average Bonchev–Trinajstić information content (AvgIpc) is 1.85. The summed E-state index contributed by atoms with van der Waals surface area (Å²) in [5.41, 5.74) is 0.509. The number of nitrogens with zero attached hydrogens (tertiary/aromatic N) is 1. The second-order valence-corrected chi connectivity index (χ2v) is 3.61. The lowest BCUT2D eigenvalue weighted by Crippen LogP contribution is -2.34. The fourth-order valence-corrected chi connectivity index (χ4v) is 2.14. The molecule has 0 aromatic carbocycles. The lowest BCUT2D eigenvalue weighted by Gasteiger charge is -2.20. The summed E-state index contributed by atoms with van der Waals surface area (Å²) in [5, 5.41) is -0.840. The van der Waals surface area contributed by atoms with Crippen LogP contribution in [-0.2, 0) is 4.79 Å². The second kappa shape index (κ2) is 3.74. The van der Waals surface area contributed by atoms with Crippen LogP contribution in [0, 0.1) is 0 Å². The van der Waals surface area contributed by atoms with Crippen LogP contribution in [0.15, 0.2) is 4.51 Å². The van der Waals surface area contributed by atoms with Crippen molar-refractivity contribution >= 4 is 46.5 Å². The van der Waals surface area contributed by atoms with Gasteiger partial charge in [-0.15, -0.1) is 23.2 Å². The van der Waals surface area contributed by atoms with Gasteiger partial charge in [-0.2, -0.15) is 4.51 Å². The van der Waals surface area contributed by atoms with Gasteiger partial charge in [0.1, 0.15) is 5.78 Å². The van der Waals surface area contributed by atoms with Gasteiger partial charge in [0.15, 0.2) is 0 Å². The molecule has 0 aromatic rings. The molecule has 2 unspecified atom stereocenters. The maximum Gasteiger partial charge on any atom is 0.136 e. The number of carbonyl (C=O) groups excluding carboxylic acids is 1. The first-order valence-electron chi connectivity index (χ1n) is 3.13. The molecule has 0 saturated heterocycles. The summed E-state index contributed by atoms with van der Waals surface area (Å²) in [6, 6.07) is 0. The molecule has 0 bridgehead atoms. The Labute approximate surface area is 79.6 Å². The van der Waals surface area contributed by atoms with E-state index in [2.05, 4.69) is 4.51 Å². The second-order valence-electron chi connectivity index (χ2n) is 2.39. The molecule has 0 aliphatic heterocycles. The van der Waals surface area contributed by atoms with Crippen molar-refractivity contribution in [2.75, 3.05) is 0 Å². The molecule has 0 aromatic heterocycles. The predicted molar refractivity (Wildman–Crippen MR) is 46.8 cm³/mol. The van der Waals surface area contributed by atoms with E-state index >= 15 is 0 Å². The minimum atomic E-state index is -0.420. The Morgan fingerprint density at radius 3 is 2.09 bits per heavy atom. The monoisotopic (exact) mass is 213 g/mol. The van der Waals surface area contributed by atoms with Crippen molar-refractivity contribution < 1.29 is 4.79 Å². The van der Waals surface area contributed by atoms with E-state index in [-0.39, 0.29) is 18.6 Å². The molecule has 11 heavy (non-hydrogen) atoms. The van der Waals surface area contributed by atoms with Crippen molar-refractivity contribution in [3.05, 3.63) is 0 Å². The Kier molecular flexibility index (Phi) is 3.16. The van der Waals surface area contributed by atoms with Gasteiger partial charge in [0.25, 0.3) is 0 Å². The Balaban J connectivity index is 2.75. The van der Waals surface area contributed by atoms with E-state index in [1.165, 1.54) is 0 Å². The molecule has 2 nitrogen and oxygen atoms in total. The van der Waals surface area contributed by atoms with Crippen LogP contribution >= 0.6 is 35.0 Å². The van der Waals surface area contributed by atoms with Crippen molar-refractivity contribution in [2.24, 2.45) is 4.51 Å². The number of rotatable bonds is 0. The molecule has 0 spiro atoms. The summed E-state index contributed by atoms with van der Waals surface area (Å²) in [4.78, 5) is 10.9. The zero-order valence-electron chi connectivity index (χ0n) is 5.56. The number of hydrogen-bond donors (Lipinski definition) is 0. The van der Waals surface area contributed by atoms with E-state index in [0.717, 1.165) is 0 Å². The molecule has 1 aliphatic rings. The molecule has 2 atom stereocenters. The minimum absolute atomic E-state index is 0.0640. The normalized spacial score (nSPS) is 32.3. The van der Waals surface area contributed by atoms with Crippen molar-refractivity contribution in [1.29, 1.82) is 0 Å². The summed E-state index contributed by atoms with van der Waals surface area (Å²) in [6.07, 6.45) is 0.576. The van der Waals surface area contributed by atoms with Gasteiger partial charge in [0.2, 0.25) is 0 Å². The molecule has 62 valence electrons. The van der Waals surface area contributed by atoms with E-state index < -0.39 is 10.8 Å². The fraction of sp³-hybridized carbons (Fsp3) is 0.667. The molecule has 5 heteroatoms. The topological polar surface area (TPSA) is 29.4 Å². The van der Waals surface area contributed by atoms with Crippen molar-refractivity contribution in [1.82, 2.24) is 0 Å². The van der Waals surface area contributed by atoms with Crippen LogP contribution in [0.4, 0.5) is 0 Å². The highest BCUT2D eigenvalue weighted by molar-refractivity contribution is 6.45. The summed E-state index contributed by atoms with van der Waals surface area (Å²) < 4.78 is 3.42.